The number of aliphatic hydroxyl groups excluding tert-OH is 1. The number of likely N-dealkylation sites (N-methyl/N-ethyl adjacent to an activating group) is 1. The second kappa shape index (κ2) is 8.11. The molecule has 1 aromatic rings. The van der Waals surface area contributed by atoms with Crippen LogP contribution in [0.5, 0.6) is 0 Å². The predicted molar refractivity (Wildman–Crippen MR) is 88.5 cm³/mol. The van der Waals surface area contributed by atoms with Crippen molar-refractivity contribution in [1.82, 2.24) is 9.80 Å². The average Bonchev–Trinajstić information content (AvgIpc) is 2.50. The summed E-state index contributed by atoms with van der Waals surface area (Å²) in [5.41, 5.74) is 1.21. The Kier molecular flexibility index (Phi) is 6.16. The number of aliphatic hydroxyl groups is 1. The first-order valence-corrected chi connectivity index (χ1v) is 7.88. The van der Waals surface area contributed by atoms with E-state index in [4.69, 9.17) is 0 Å². The number of nitrogens with zero attached hydrogens (tertiary/aromatic N) is 2. The summed E-state index contributed by atoms with van der Waals surface area (Å²) in [6.45, 7) is 2.02. The Morgan fingerprint density at radius 3 is 2.77 bits per heavy atom. The Hall–Kier alpha value is -1.65. The van der Waals surface area contributed by atoms with Crippen LogP contribution in [-0.4, -0.2) is 60.6 Å². The van der Waals surface area contributed by atoms with Gasteiger partial charge in [0.1, 0.15) is 0 Å². The van der Waals surface area contributed by atoms with Crippen molar-refractivity contribution in [1.29, 1.82) is 0 Å². The van der Waals surface area contributed by atoms with Gasteiger partial charge in [0.05, 0.1) is 6.10 Å². The third-order valence-electron chi connectivity index (χ3n) is 4.08. The van der Waals surface area contributed by atoms with Gasteiger partial charge in [0.25, 0.3) is 0 Å². The summed E-state index contributed by atoms with van der Waals surface area (Å²) in [5, 5.41) is 10.2. The van der Waals surface area contributed by atoms with Crippen LogP contribution in [0.3, 0.4) is 0 Å². The van der Waals surface area contributed by atoms with Crippen molar-refractivity contribution in [3.8, 4) is 0 Å². The molecule has 4 nitrogen and oxygen atoms in total. The molecule has 4 heteroatoms. The van der Waals surface area contributed by atoms with Gasteiger partial charge in [-0.05, 0) is 32.5 Å². The van der Waals surface area contributed by atoms with E-state index in [9.17, 15) is 9.90 Å². The summed E-state index contributed by atoms with van der Waals surface area (Å²) in [4.78, 5) is 16.1. The third kappa shape index (κ3) is 4.97. The molecule has 0 aliphatic carbocycles. The van der Waals surface area contributed by atoms with Gasteiger partial charge in [-0.25, -0.2) is 0 Å². The molecular weight excluding hydrogens is 276 g/mol. The molecule has 1 aromatic carbocycles. The van der Waals surface area contributed by atoms with Crippen LogP contribution in [0.2, 0.25) is 0 Å². The molecule has 22 heavy (non-hydrogen) atoms. The van der Waals surface area contributed by atoms with Crippen LogP contribution in [0.4, 0.5) is 0 Å². The van der Waals surface area contributed by atoms with Gasteiger partial charge in [-0.2, -0.15) is 0 Å². The Labute approximate surface area is 133 Å². The monoisotopic (exact) mass is 302 g/mol. The molecule has 1 saturated heterocycles. The second-order valence-corrected chi connectivity index (χ2v) is 6.25. The number of hydrogen-bond donors (Lipinski definition) is 1. The molecule has 1 heterocycles. The van der Waals surface area contributed by atoms with Crippen molar-refractivity contribution < 1.29 is 9.90 Å². The first kappa shape index (κ1) is 16.7. The largest absolute Gasteiger partial charge is 0.393 e. The molecular formula is C18H26N2O2. The van der Waals surface area contributed by atoms with Gasteiger partial charge in [0.2, 0.25) is 5.91 Å². The van der Waals surface area contributed by atoms with Crippen LogP contribution in [0.1, 0.15) is 12.0 Å². The van der Waals surface area contributed by atoms with E-state index in [1.54, 1.807) is 6.08 Å². The van der Waals surface area contributed by atoms with E-state index in [0.717, 1.165) is 13.0 Å². The summed E-state index contributed by atoms with van der Waals surface area (Å²) in [5.74, 6) is 0.161. The maximum absolute atomic E-state index is 12.2. The Bertz CT molecular complexity index is 499. The quantitative estimate of drug-likeness (QED) is 0.840. The van der Waals surface area contributed by atoms with Gasteiger partial charge in [0, 0.05) is 31.6 Å². The first-order valence-electron chi connectivity index (χ1n) is 7.88. The standard InChI is InChI=1S/C18H26N2O2/c1-19(2)11-6-9-18(22)20-12-10-17(21)16(14-20)13-15-7-4-3-5-8-15/h3-9,16-17,21H,10-14H2,1-2H3/t16-,17+/m1/s1. The van der Waals surface area contributed by atoms with E-state index in [2.05, 4.69) is 12.1 Å². The lowest BCUT2D eigenvalue weighted by atomic mass is 9.88. The van der Waals surface area contributed by atoms with Crippen LogP contribution in [0, 0.1) is 5.92 Å². The van der Waals surface area contributed by atoms with Gasteiger partial charge in [-0.15, -0.1) is 0 Å². The summed E-state index contributed by atoms with van der Waals surface area (Å²) < 4.78 is 0. The van der Waals surface area contributed by atoms with Crippen molar-refractivity contribution >= 4 is 5.91 Å². The third-order valence-corrected chi connectivity index (χ3v) is 4.08. The van der Waals surface area contributed by atoms with Crippen molar-refractivity contribution in [3.05, 3.63) is 48.0 Å². The molecule has 2 rings (SSSR count). The molecule has 0 aromatic heterocycles. The van der Waals surface area contributed by atoms with Crippen molar-refractivity contribution in [2.24, 2.45) is 5.92 Å². The Balaban J connectivity index is 1.92. The zero-order chi connectivity index (χ0) is 15.9. The fourth-order valence-electron chi connectivity index (χ4n) is 2.81. The molecule has 2 atom stereocenters. The topological polar surface area (TPSA) is 43.8 Å². The molecule has 0 unspecified atom stereocenters. The number of likely N-dealkylation sites (tertiary alicyclic amines) is 1. The molecule has 0 bridgehead atoms. The molecule has 120 valence electrons. The highest BCUT2D eigenvalue weighted by atomic mass is 16.3. The predicted octanol–water partition coefficient (Wildman–Crippen LogP) is 1.56. The number of carbonyl (C=O) groups excluding carboxylic acids is 1. The summed E-state index contributed by atoms with van der Waals surface area (Å²) in [6.07, 6.45) is 4.68. The van der Waals surface area contributed by atoms with Crippen LogP contribution in [-0.2, 0) is 11.2 Å². The van der Waals surface area contributed by atoms with Gasteiger partial charge in [-0.3, -0.25) is 4.79 Å². The summed E-state index contributed by atoms with van der Waals surface area (Å²) in [7, 11) is 3.95. The highest BCUT2D eigenvalue weighted by Gasteiger charge is 2.29. The molecule has 0 radical (unpaired) electrons. The van der Waals surface area contributed by atoms with Crippen LogP contribution in [0.25, 0.3) is 0 Å². The number of amides is 1. The minimum absolute atomic E-state index is 0.0480. The van der Waals surface area contributed by atoms with Gasteiger partial charge < -0.3 is 14.9 Å². The molecule has 0 spiro atoms. The van der Waals surface area contributed by atoms with Crippen LogP contribution < -0.4 is 0 Å². The Morgan fingerprint density at radius 2 is 2.09 bits per heavy atom. The van der Waals surface area contributed by atoms with E-state index < -0.39 is 0 Å². The average molecular weight is 302 g/mol. The zero-order valence-corrected chi connectivity index (χ0v) is 13.5. The normalized spacial score (nSPS) is 22.5. The van der Waals surface area contributed by atoms with Crippen molar-refractivity contribution in [2.75, 3.05) is 33.7 Å². The van der Waals surface area contributed by atoms with Gasteiger partial charge in [0.15, 0.2) is 0 Å². The smallest absolute Gasteiger partial charge is 0.246 e. The van der Waals surface area contributed by atoms with Crippen LogP contribution in [0.15, 0.2) is 42.5 Å². The SMILES string of the molecule is CN(C)CC=CC(=O)N1CC[C@H](O)[C@H](Cc2ccccc2)C1. The lowest BCUT2D eigenvalue weighted by Gasteiger charge is -2.36. The maximum atomic E-state index is 12.2. The first-order chi connectivity index (χ1) is 10.6. The van der Waals surface area contributed by atoms with E-state index in [1.165, 1.54) is 5.56 Å². The van der Waals surface area contributed by atoms with Crippen molar-refractivity contribution in [3.63, 3.8) is 0 Å². The second-order valence-electron chi connectivity index (χ2n) is 6.25. The summed E-state index contributed by atoms with van der Waals surface area (Å²) in [6, 6.07) is 10.2. The molecule has 1 amide bonds. The number of benzene rings is 1. The minimum atomic E-state index is -0.324. The van der Waals surface area contributed by atoms with E-state index in [1.807, 2.05) is 48.2 Å². The number of piperidine rings is 1. The van der Waals surface area contributed by atoms with E-state index >= 15 is 0 Å². The minimum Gasteiger partial charge on any atom is -0.393 e. The van der Waals surface area contributed by atoms with E-state index in [0.29, 0.717) is 19.5 Å². The highest BCUT2D eigenvalue weighted by molar-refractivity contribution is 5.87. The zero-order valence-electron chi connectivity index (χ0n) is 13.5. The molecule has 1 aliphatic rings. The fourth-order valence-corrected chi connectivity index (χ4v) is 2.81. The molecule has 0 saturated carbocycles. The van der Waals surface area contributed by atoms with E-state index in [-0.39, 0.29) is 17.9 Å². The molecule has 1 aliphatic heterocycles. The lowest BCUT2D eigenvalue weighted by molar-refractivity contribution is -0.129. The Morgan fingerprint density at radius 1 is 1.36 bits per heavy atom. The highest BCUT2D eigenvalue weighted by Crippen LogP contribution is 2.21. The number of carbonyl (C=O) groups is 1. The number of hydrogen-bond acceptors (Lipinski definition) is 3. The molecule has 1 fully saturated rings. The van der Waals surface area contributed by atoms with Gasteiger partial charge >= 0.3 is 0 Å². The number of rotatable bonds is 5. The lowest BCUT2D eigenvalue weighted by Crippen LogP contribution is -2.46. The van der Waals surface area contributed by atoms with Crippen molar-refractivity contribution in [2.45, 2.75) is 18.9 Å². The summed E-state index contributed by atoms with van der Waals surface area (Å²) >= 11 is 0. The van der Waals surface area contributed by atoms with Gasteiger partial charge in [-0.1, -0.05) is 36.4 Å². The fraction of sp³-hybridized carbons (Fsp3) is 0.500. The maximum Gasteiger partial charge on any atom is 0.246 e. The van der Waals surface area contributed by atoms with Crippen LogP contribution >= 0.6 is 0 Å². The molecule has 1 N–H and O–H groups in total.